The van der Waals surface area contributed by atoms with Gasteiger partial charge in [-0.2, -0.15) is 5.10 Å². The van der Waals surface area contributed by atoms with Gasteiger partial charge < -0.3 is 10.1 Å². The first-order chi connectivity index (χ1) is 16.0. The standard InChI is InChI=1S/C26H33N5O2/c1-19(2)23-16-25(31(29-23)21-12-8-5-9-13-21)28-26(32)27-24-18-30(14-15-33-3)17-22(24)20-10-6-4-7-11-20/h4-13,16,19,22,24H,14-15,17-18H2,1-3H3,(H2,27,28,32)/t22?,24-/m1/s1. The highest BCUT2D eigenvalue weighted by atomic mass is 16.5. The molecule has 0 spiro atoms. The average Bonchev–Trinajstić information content (AvgIpc) is 3.43. The predicted molar refractivity (Wildman–Crippen MR) is 131 cm³/mol. The van der Waals surface area contributed by atoms with Gasteiger partial charge in [-0.1, -0.05) is 62.4 Å². The number of ether oxygens (including phenoxy) is 1. The van der Waals surface area contributed by atoms with E-state index >= 15 is 0 Å². The number of hydrogen-bond acceptors (Lipinski definition) is 4. The van der Waals surface area contributed by atoms with Gasteiger partial charge in [0.1, 0.15) is 5.82 Å². The van der Waals surface area contributed by atoms with Crippen LogP contribution in [-0.4, -0.2) is 60.1 Å². The summed E-state index contributed by atoms with van der Waals surface area (Å²) >= 11 is 0. The molecule has 0 saturated carbocycles. The predicted octanol–water partition coefficient (Wildman–Crippen LogP) is 4.23. The average molecular weight is 448 g/mol. The van der Waals surface area contributed by atoms with Crippen molar-refractivity contribution in [3.8, 4) is 5.69 Å². The quantitative estimate of drug-likeness (QED) is 0.542. The Hall–Kier alpha value is -3.16. The first kappa shape index (κ1) is 23.0. The van der Waals surface area contributed by atoms with E-state index in [4.69, 9.17) is 9.84 Å². The maximum atomic E-state index is 13.1. The molecule has 33 heavy (non-hydrogen) atoms. The normalized spacial score (nSPS) is 18.5. The van der Waals surface area contributed by atoms with E-state index in [1.54, 1.807) is 11.8 Å². The molecule has 1 unspecified atom stereocenters. The van der Waals surface area contributed by atoms with Gasteiger partial charge in [-0.25, -0.2) is 9.48 Å². The van der Waals surface area contributed by atoms with Crippen LogP contribution in [0, 0.1) is 0 Å². The van der Waals surface area contributed by atoms with E-state index in [1.807, 2.05) is 42.5 Å². The van der Waals surface area contributed by atoms with Crippen LogP contribution in [0.15, 0.2) is 66.7 Å². The van der Waals surface area contributed by atoms with Crippen LogP contribution in [0.5, 0.6) is 0 Å². The van der Waals surface area contributed by atoms with Crippen molar-refractivity contribution < 1.29 is 9.53 Å². The van der Waals surface area contributed by atoms with Gasteiger partial charge in [0.25, 0.3) is 0 Å². The molecule has 3 aromatic rings. The van der Waals surface area contributed by atoms with Gasteiger partial charge in [-0.05, 0) is 23.6 Å². The molecule has 1 fully saturated rings. The molecule has 7 heteroatoms. The van der Waals surface area contributed by atoms with Crippen molar-refractivity contribution >= 4 is 11.8 Å². The highest BCUT2D eigenvalue weighted by molar-refractivity contribution is 5.89. The zero-order valence-electron chi connectivity index (χ0n) is 19.6. The minimum absolute atomic E-state index is 0.00178. The smallest absolute Gasteiger partial charge is 0.320 e. The Morgan fingerprint density at radius 2 is 1.79 bits per heavy atom. The molecule has 1 aliphatic heterocycles. The molecular formula is C26H33N5O2. The van der Waals surface area contributed by atoms with Crippen LogP contribution in [0.3, 0.4) is 0 Å². The zero-order chi connectivity index (χ0) is 23.2. The number of methoxy groups -OCH3 is 1. The van der Waals surface area contributed by atoms with E-state index < -0.39 is 0 Å². The highest BCUT2D eigenvalue weighted by Crippen LogP contribution is 2.28. The maximum absolute atomic E-state index is 13.1. The molecule has 1 saturated heterocycles. The summed E-state index contributed by atoms with van der Waals surface area (Å²) in [5.74, 6) is 1.14. The number of carbonyl (C=O) groups is 1. The Labute approximate surface area is 195 Å². The van der Waals surface area contributed by atoms with Crippen LogP contribution in [0.4, 0.5) is 10.6 Å². The first-order valence-electron chi connectivity index (χ1n) is 11.5. The van der Waals surface area contributed by atoms with Gasteiger partial charge in [0, 0.05) is 38.7 Å². The number of carbonyl (C=O) groups excluding carboxylic acids is 1. The molecule has 4 rings (SSSR count). The fourth-order valence-corrected chi connectivity index (χ4v) is 4.33. The van der Waals surface area contributed by atoms with Crippen molar-refractivity contribution in [3.63, 3.8) is 0 Å². The Morgan fingerprint density at radius 1 is 1.09 bits per heavy atom. The van der Waals surface area contributed by atoms with E-state index in [9.17, 15) is 4.79 Å². The molecule has 2 N–H and O–H groups in total. The lowest BCUT2D eigenvalue weighted by atomic mass is 9.94. The molecule has 2 amide bonds. The summed E-state index contributed by atoms with van der Waals surface area (Å²) in [5, 5.41) is 11.0. The zero-order valence-corrected chi connectivity index (χ0v) is 19.6. The third kappa shape index (κ3) is 5.61. The largest absolute Gasteiger partial charge is 0.383 e. The Morgan fingerprint density at radius 3 is 2.45 bits per heavy atom. The summed E-state index contributed by atoms with van der Waals surface area (Å²) in [4.78, 5) is 15.5. The van der Waals surface area contributed by atoms with Gasteiger partial charge in [-0.15, -0.1) is 0 Å². The van der Waals surface area contributed by atoms with Gasteiger partial charge in [0.15, 0.2) is 0 Å². The number of anilines is 1. The van der Waals surface area contributed by atoms with Crippen molar-refractivity contribution in [3.05, 3.63) is 78.0 Å². The van der Waals surface area contributed by atoms with E-state index in [0.717, 1.165) is 31.0 Å². The highest BCUT2D eigenvalue weighted by Gasteiger charge is 2.34. The van der Waals surface area contributed by atoms with E-state index in [1.165, 1.54) is 5.56 Å². The van der Waals surface area contributed by atoms with Crippen LogP contribution in [0.25, 0.3) is 5.69 Å². The monoisotopic (exact) mass is 447 g/mol. The number of aromatic nitrogens is 2. The lowest BCUT2D eigenvalue weighted by Crippen LogP contribution is -2.42. The Bertz CT molecular complexity index is 1040. The number of nitrogens with zero attached hydrogens (tertiary/aromatic N) is 3. The third-order valence-corrected chi connectivity index (χ3v) is 6.11. The molecule has 2 heterocycles. The van der Waals surface area contributed by atoms with Crippen LogP contribution in [0.2, 0.25) is 0 Å². The molecule has 0 radical (unpaired) electrons. The number of hydrogen-bond donors (Lipinski definition) is 2. The molecule has 2 atom stereocenters. The lowest BCUT2D eigenvalue weighted by molar-refractivity contribution is 0.159. The van der Waals surface area contributed by atoms with Gasteiger partial charge in [0.2, 0.25) is 0 Å². The molecule has 2 aromatic carbocycles. The second-order valence-electron chi connectivity index (χ2n) is 8.83. The van der Waals surface area contributed by atoms with Gasteiger partial charge in [-0.3, -0.25) is 10.2 Å². The van der Waals surface area contributed by atoms with E-state index in [0.29, 0.717) is 12.4 Å². The number of para-hydroxylation sites is 1. The van der Waals surface area contributed by atoms with Crippen molar-refractivity contribution in [2.75, 3.05) is 38.7 Å². The van der Waals surface area contributed by atoms with Gasteiger partial charge in [0.05, 0.1) is 24.0 Å². The summed E-state index contributed by atoms with van der Waals surface area (Å²) in [6.07, 6.45) is 0. The second-order valence-corrected chi connectivity index (χ2v) is 8.83. The SMILES string of the molecule is COCCN1CC(c2ccccc2)[C@H](NC(=O)Nc2cc(C(C)C)nn2-c2ccccc2)C1. The summed E-state index contributed by atoms with van der Waals surface area (Å²) in [7, 11) is 1.72. The summed E-state index contributed by atoms with van der Waals surface area (Å²) < 4.78 is 7.06. The number of likely N-dealkylation sites (tertiary alicyclic amines) is 1. The summed E-state index contributed by atoms with van der Waals surface area (Å²) in [6.45, 7) is 7.38. The van der Waals surface area contributed by atoms with Crippen molar-refractivity contribution in [2.45, 2.75) is 31.7 Å². The molecular weight excluding hydrogens is 414 g/mol. The number of benzene rings is 2. The van der Waals surface area contributed by atoms with Crippen LogP contribution < -0.4 is 10.6 Å². The van der Waals surface area contributed by atoms with Crippen molar-refractivity contribution in [1.29, 1.82) is 0 Å². The Kier molecular flexibility index (Phi) is 7.42. The lowest BCUT2D eigenvalue weighted by Gasteiger charge is -2.20. The maximum Gasteiger partial charge on any atom is 0.320 e. The van der Waals surface area contributed by atoms with Crippen LogP contribution >= 0.6 is 0 Å². The van der Waals surface area contributed by atoms with Crippen LogP contribution in [0.1, 0.15) is 36.9 Å². The van der Waals surface area contributed by atoms with Crippen molar-refractivity contribution in [2.24, 2.45) is 0 Å². The van der Waals surface area contributed by atoms with Crippen molar-refractivity contribution in [1.82, 2.24) is 20.0 Å². The summed E-state index contributed by atoms with van der Waals surface area (Å²) in [5.41, 5.74) is 3.08. The number of amides is 2. The fraction of sp³-hybridized carbons (Fsp3) is 0.385. The topological polar surface area (TPSA) is 71.4 Å². The Balaban J connectivity index is 1.51. The van der Waals surface area contributed by atoms with E-state index in [2.05, 4.69) is 53.6 Å². The minimum atomic E-state index is -0.220. The first-order valence-corrected chi connectivity index (χ1v) is 11.5. The molecule has 174 valence electrons. The van der Waals surface area contributed by atoms with Gasteiger partial charge >= 0.3 is 6.03 Å². The number of urea groups is 1. The number of rotatable bonds is 8. The molecule has 0 bridgehead atoms. The van der Waals surface area contributed by atoms with Crippen LogP contribution in [-0.2, 0) is 4.74 Å². The molecule has 1 aliphatic rings. The molecule has 0 aliphatic carbocycles. The second kappa shape index (κ2) is 10.6. The minimum Gasteiger partial charge on any atom is -0.383 e. The molecule has 1 aromatic heterocycles. The number of nitrogens with one attached hydrogen (secondary N) is 2. The molecule has 7 nitrogen and oxygen atoms in total. The summed E-state index contributed by atoms with van der Waals surface area (Å²) in [6, 6.07) is 22.0. The third-order valence-electron chi connectivity index (χ3n) is 6.11. The van der Waals surface area contributed by atoms with E-state index in [-0.39, 0.29) is 23.9 Å². The fourth-order valence-electron chi connectivity index (χ4n) is 4.33.